The molecule has 1 aliphatic rings. The third kappa shape index (κ3) is 3.32. The maximum Gasteiger partial charge on any atom is 0.0656 e. The number of methoxy groups -OCH3 is 1. The second kappa shape index (κ2) is 5.66. The van der Waals surface area contributed by atoms with Crippen LogP contribution in [-0.4, -0.2) is 46.1 Å². The van der Waals surface area contributed by atoms with Crippen molar-refractivity contribution in [3.05, 3.63) is 0 Å². The molecule has 0 amide bonds. The third-order valence-corrected chi connectivity index (χ3v) is 3.10. The molecule has 2 atom stereocenters. The van der Waals surface area contributed by atoms with Gasteiger partial charge in [0.05, 0.1) is 14.5 Å². The fraction of sp³-hybridized carbons (Fsp3) is 1.00. The van der Waals surface area contributed by atoms with E-state index in [-0.39, 0.29) is 0 Å². The van der Waals surface area contributed by atoms with E-state index in [0.29, 0.717) is 5.92 Å². The summed E-state index contributed by atoms with van der Waals surface area (Å²) in [6.07, 6.45) is 2.13. The van der Waals surface area contributed by atoms with Gasteiger partial charge in [0, 0.05) is 20.2 Å². The molecule has 0 bridgehead atoms. The second-order valence-electron chi connectivity index (χ2n) is 4.06. The van der Waals surface area contributed by atoms with Gasteiger partial charge in [-0.05, 0) is 24.8 Å². The minimum atomic E-state index is 0.674. The molecule has 0 saturated carbocycles. The zero-order valence-corrected chi connectivity index (χ0v) is 8.83. The number of nitrogens with zero attached hydrogens (tertiary/aromatic N) is 1. The predicted octanol–water partition coefficient (Wildman–Crippen LogP) is 1.18. The smallest absolute Gasteiger partial charge is 0.0656 e. The van der Waals surface area contributed by atoms with Crippen molar-refractivity contribution in [2.24, 2.45) is 11.8 Å². The Kier molecular flexibility index (Phi) is 4.82. The third-order valence-electron chi connectivity index (χ3n) is 3.10. The van der Waals surface area contributed by atoms with Crippen molar-refractivity contribution in [1.29, 1.82) is 0 Å². The molecule has 0 aliphatic carbocycles. The van der Waals surface area contributed by atoms with Gasteiger partial charge >= 0.3 is 0 Å². The highest BCUT2D eigenvalue weighted by Crippen LogP contribution is 2.25. The molecule has 0 aromatic rings. The predicted molar refractivity (Wildman–Crippen MR) is 56.1 cm³/mol. The van der Waals surface area contributed by atoms with Crippen LogP contribution in [0, 0.1) is 11.8 Å². The molecule has 1 aliphatic heterocycles. The van der Waals surface area contributed by atoms with E-state index in [1.54, 1.807) is 7.11 Å². The Balaban J connectivity index is 2.19. The Hall–Kier alpha value is -0.0151. The van der Waals surface area contributed by atoms with Gasteiger partial charge in [-0.1, -0.05) is 13.2 Å². The lowest BCUT2D eigenvalue weighted by molar-refractivity contribution is 0.157. The Morgan fingerprint density at radius 1 is 1.62 bits per heavy atom. The van der Waals surface area contributed by atoms with Crippen LogP contribution >= 0.6 is 0 Å². The van der Waals surface area contributed by atoms with E-state index in [1.807, 2.05) is 0 Å². The van der Waals surface area contributed by atoms with E-state index < -0.39 is 0 Å². The van der Waals surface area contributed by atoms with Crippen LogP contribution in [0.3, 0.4) is 0 Å². The van der Waals surface area contributed by atoms with E-state index in [4.69, 9.17) is 12.6 Å². The molecule has 2 radical (unpaired) electrons. The maximum absolute atomic E-state index is 5.65. The zero-order chi connectivity index (χ0) is 9.68. The normalized spacial score (nSPS) is 26.5. The summed E-state index contributed by atoms with van der Waals surface area (Å²) in [4.78, 5) is 2.47. The molecule has 3 heteroatoms. The quantitative estimate of drug-likeness (QED) is 0.590. The molecule has 74 valence electrons. The minimum Gasteiger partial charge on any atom is -0.383 e. The Morgan fingerprint density at radius 2 is 2.38 bits per heavy atom. The van der Waals surface area contributed by atoms with Gasteiger partial charge in [0.15, 0.2) is 0 Å². The van der Waals surface area contributed by atoms with Crippen molar-refractivity contribution < 1.29 is 4.74 Å². The molecule has 1 heterocycles. The molecule has 2 nitrogen and oxygen atoms in total. The zero-order valence-electron chi connectivity index (χ0n) is 8.83. The van der Waals surface area contributed by atoms with Crippen LogP contribution in [0.2, 0.25) is 6.32 Å². The second-order valence-corrected chi connectivity index (χ2v) is 4.06. The number of hydrogen-bond donors (Lipinski definition) is 0. The van der Waals surface area contributed by atoms with Crippen molar-refractivity contribution in [3.63, 3.8) is 0 Å². The van der Waals surface area contributed by atoms with Crippen molar-refractivity contribution in [2.75, 3.05) is 33.4 Å². The van der Waals surface area contributed by atoms with Crippen molar-refractivity contribution in [2.45, 2.75) is 19.7 Å². The first kappa shape index (κ1) is 11.1. The van der Waals surface area contributed by atoms with Crippen molar-refractivity contribution in [1.82, 2.24) is 4.90 Å². The van der Waals surface area contributed by atoms with Crippen LogP contribution in [0.1, 0.15) is 13.3 Å². The summed E-state index contributed by atoms with van der Waals surface area (Å²) in [6.45, 7) is 6.61. The van der Waals surface area contributed by atoms with Gasteiger partial charge in [0.2, 0.25) is 0 Å². The number of hydrogen-bond acceptors (Lipinski definition) is 2. The van der Waals surface area contributed by atoms with E-state index in [1.165, 1.54) is 19.5 Å². The number of likely N-dealkylation sites (tertiary alicyclic amines) is 1. The fourth-order valence-corrected chi connectivity index (χ4v) is 1.94. The van der Waals surface area contributed by atoms with Gasteiger partial charge in [-0.2, -0.15) is 0 Å². The van der Waals surface area contributed by atoms with Crippen LogP contribution in [0.25, 0.3) is 0 Å². The van der Waals surface area contributed by atoms with Gasteiger partial charge in [-0.25, -0.2) is 0 Å². The van der Waals surface area contributed by atoms with Gasteiger partial charge < -0.3 is 9.64 Å². The largest absolute Gasteiger partial charge is 0.383 e. The van der Waals surface area contributed by atoms with E-state index in [0.717, 1.165) is 25.4 Å². The van der Waals surface area contributed by atoms with Gasteiger partial charge in [-0.15, -0.1) is 0 Å². The summed E-state index contributed by atoms with van der Waals surface area (Å²) in [5.74, 6) is 1.48. The highest BCUT2D eigenvalue weighted by atomic mass is 16.5. The summed E-state index contributed by atoms with van der Waals surface area (Å²) >= 11 is 0. The van der Waals surface area contributed by atoms with E-state index in [2.05, 4.69) is 11.8 Å². The number of rotatable bonds is 5. The standard InChI is InChI=1S/C10H20BNO/c1-9(7-11)10-3-4-12(8-10)5-6-13-2/h9-10H,3-8H2,1-2H3. The van der Waals surface area contributed by atoms with E-state index >= 15 is 0 Å². The van der Waals surface area contributed by atoms with Crippen molar-refractivity contribution in [3.8, 4) is 0 Å². The van der Waals surface area contributed by atoms with Crippen LogP contribution in [0.5, 0.6) is 0 Å². The SMILES string of the molecule is [B]CC(C)C1CCN(CCOC)C1. The van der Waals surface area contributed by atoms with Crippen LogP contribution in [0.4, 0.5) is 0 Å². The first-order chi connectivity index (χ1) is 6.27. The monoisotopic (exact) mass is 181 g/mol. The maximum atomic E-state index is 5.65. The summed E-state index contributed by atoms with van der Waals surface area (Å²) in [7, 11) is 7.41. The average Bonchev–Trinajstić information content (AvgIpc) is 2.62. The summed E-state index contributed by atoms with van der Waals surface area (Å²) in [6, 6.07) is 0. The lowest BCUT2D eigenvalue weighted by Gasteiger charge is -2.19. The molecule has 13 heavy (non-hydrogen) atoms. The highest BCUT2D eigenvalue weighted by molar-refractivity contribution is 6.08. The lowest BCUT2D eigenvalue weighted by atomic mass is 9.82. The molecule has 1 fully saturated rings. The molecule has 0 aromatic carbocycles. The van der Waals surface area contributed by atoms with Gasteiger partial charge in [-0.3, -0.25) is 0 Å². The van der Waals surface area contributed by atoms with Crippen LogP contribution < -0.4 is 0 Å². The summed E-state index contributed by atoms with van der Waals surface area (Å²) in [5.41, 5.74) is 0. The van der Waals surface area contributed by atoms with E-state index in [9.17, 15) is 0 Å². The molecule has 1 rings (SSSR count). The molecule has 0 spiro atoms. The Morgan fingerprint density at radius 3 is 3.00 bits per heavy atom. The summed E-state index contributed by atoms with van der Waals surface area (Å²) in [5, 5.41) is 0. The number of ether oxygens (including phenoxy) is 1. The molecule has 0 N–H and O–H groups in total. The molecule has 1 saturated heterocycles. The first-order valence-corrected chi connectivity index (χ1v) is 5.19. The Bertz CT molecular complexity index is 143. The highest BCUT2D eigenvalue weighted by Gasteiger charge is 2.25. The molecular weight excluding hydrogens is 161 g/mol. The molecular formula is C10H20BNO. The van der Waals surface area contributed by atoms with Gasteiger partial charge in [0.25, 0.3) is 0 Å². The fourth-order valence-electron chi connectivity index (χ4n) is 1.94. The van der Waals surface area contributed by atoms with Crippen LogP contribution in [0.15, 0.2) is 0 Å². The van der Waals surface area contributed by atoms with Crippen LogP contribution in [-0.2, 0) is 4.74 Å². The average molecular weight is 181 g/mol. The van der Waals surface area contributed by atoms with Gasteiger partial charge in [0.1, 0.15) is 0 Å². The topological polar surface area (TPSA) is 12.5 Å². The Labute approximate surface area is 83.0 Å². The minimum absolute atomic E-state index is 0.674. The lowest BCUT2D eigenvalue weighted by Crippen LogP contribution is -2.26. The van der Waals surface area contributed by atoms with Crippen molar-refractivity contribution >= 4 is 7.85 Å². The first-order valence-electron chi connectivity index (χ1n) is 5.19. The summed E-state index contributed by atoms with van der Waals surface area (Å²) < 4.78 is 5.06. The molecule has 2 unspecified atom stereocenters. The molecule has 0 aromatic heterocycles.